The van der Waals surface area contributed by atoms with Crippen LogP contribution in [0.4, 0.5) is 9.28 Å². The van der Waals surface area contributed by atoms with Crippen LogP contribution in [0.1, 0.15) is 25.3 Å². The van der Waals surface area contributed by atoms with E-state index in [0.717, 1.165) is 5.56 Å². The molecular formula is C13H18FNO3. The summed E-state index contributed by atoms with van der Waals surface area (Å²) >= 11 is 0. The third-order valence-electron chi connectivity index (χ3n) is 2.53. The van der Waals surface area contributed by atoms with Crippen molar-refractivity contribution in [2.45, 2.75) is 32.4 Å². The zero-order valence-electron chi connectivity index (χ0n) is 10.4. The summed E-state index contributed by atoms with van der Waals surface area (Å²) in [5.74, 6) is 0. The Morgan fingerprint density at radius 2 is 2.11 bits per heavy atom. The molecule has 0 radical (unpaired) electrons. The molecule has 1 rings (SSSR count). The van der Waals surface area contributed by atoms with Gasteiger partial charge in [0, 0.05) is 0 Å². The molecule has 1 N–H and O–H groups in total. The third kappa shape index (κ3) is 4.33. The number of hydrogen-bond acceptors (Lipinski definition) is 3. The van der Waals surface area contributed by atoms with E-state index < -0.39 is 18.7 Å². The van der Waals surface area contributed by atoms with Crippen LogP contribution in [0.25, 0.3) is 0 Å². The number of hydrogen-bond donors (Lipinski definition) is 1. The van der Waals surface area contributed by atoms with Gasteiger partial charge in [-0.2, -0.15) is 0 Å². The van der Waals surface area contributed by atoms with Crippen molar-refractivity contribution in [2.75, 3.05) is 6.61 Å². The first-order valence-corrected chi connectivity index (χ1v) is 5.95. The van der Waals surface area contributed by atoms with E-state index in [0.29, 0.717) is 12.8 Å². The van der Waals surface area contributed by atoms with E-state index in [9.17, 15) is 9.28 Å². The van der Waals surface area contributed by atoms with Gasteiger partial charge in [0.25, 0.3) is 0 Å². The smallest absolute Gasteiger partial charge is 0.438 e. The molecule has 1 aromatic carbocycles. The molecule has 5 heteroatoms. The van der Waals surface area contributed by atoms with E-state index in [4.69, 9.17) is 9.84 Å². The van der Waals surface area contributed by atoms with Gasteiger partial charge in [-0.25, -0.2) is 4.79 Å². The zero-order valence-corrected chi connectivity index (χ0v) is 10.4. The minimum absolute atomic E-state index is 0.0182. The van der Waals surface area contributed by atoms with Crippen LogP contribution >= 0.6 is 0 Å². The van der Waals surface area contributed by atoms with Crippen molar-refractivity contribution in [1.82, 2.24) is 5.12 Å². The third-order valence-corrected chi connectivity index (χ3v) is 2.53. The van der Waals surface area contributed by atoms with Crippen molar-refractivity contribution >= 4 is 6.09 Å². The first-order chi connectivity index (χ1) is 8.69. The highest BCUT2D eigenvalue weighted by atomic mass is 19.2. The average molecular weight is 255 g/mol. The van der Waals surface area contributed by atoms with Crippen LogP contribution in [0.15, 0.2) is 30.3 Å². The van der Waals surface area contributed by atoms with E-state index in [2.05, 4.69) is 0 Å². The highest BCUT2D eigenvalue weighted by Gasteiger charge is 2.23. The molecule has 0 fully saturated rings. The topological polar surface area (TPSA) is 49.8 Å². The molecule has 0 aliphatic heterocycles. The average Bonchev–Trinajstić information content (AvgIpc) is 2.42. The molecule has 1 aromatic rings. The van der Waals surface area contributed by atoms with Gasteiger partial charge >= 0.3 is 6.09 Å². The van der Waals surface area contributed by atoms with Gasteiger partial charge in [0.15, 0.2) is 0 Å². The lowest BCUT2D eigenvalue weighted by molar-refractivity contribution is -0.0408. The Balaban J connectivity index is 2.44. The van der Waals surface area contributed by atoms with Crippen molar-refractivity contribution < 1.29 is 19.1 Å². The number of carbonyl (C=O) groups excluding carboxylic acids is 1. The zero-order chi connectivity index (χ0) is 13.4. The molecule has 100 valence electrons. The van der Waals surface area contributed by atoms with Gasteiger partial charge in [0.05, 0.1) is 12.6 Å². The van der Waals surface area contributed by atoms with Crippen molar-refractivity contribution in [3.05, 3.63) is 35.9 Å². The van der Waals surface area contributed by atoms with Crippen LogP contribution in [0, 0.1) is 0 Å². The number of ether oxygens (including phenoxy) is 1. The molecule has 0 heterocycles. The Labute approximate surface area is 106 Å². The Kier molecular flexibility index (Phi) is 6.14. The molecule has 0 aromatic heterocycles. The SMILES string of the molecule is CCCC(CO)N(F)C(=O)OCc1ccccc1. The molecule has 1 atom stereocenters. The molecule has 4 nitrogen and oxygen atoms in total. The lowest BCUT2D eigenvalue weighted by Crippen LogP contribution is -2.36. The summed E-state index contributed by atoms with van der Waals surface area (Å²) in [5, 5.41) is 8.94. The largest absolute Gasteiger partial charge is 0.443 e. The van der Waals surface area contributed by atoms with Crippen molar-refractivity contribution in [2.24, 2.45) is 0 Å². The summed E-state index contributed by atoms with van der Waals surface area (Å²) in [6.07, 6.45) is 0.0109. The monoisotopic (exact) mass is 255 g/mol. The normalized spacial score (nSPS) is 11.9. The molecule has 0 aliphatic carbocycles. The molecule has 1 unspecified atom stereocenters. The highest BCUT2D eigenvalue weighted by Crippen LogP contribution is 2.10. The molecule has 1 amide bonds. The predicted octanol–water partition coefficient (Wildman–Crippen LogP) is 2.67. The molecule has 0 spiro atoms. The van der Waals surface area contributed by atoms with Gasteiger partial charge in [0.2, 0.25) is 0 Å². The van der Waals surface area contributed by atoms with Crippen molar-refractivity contribution in [1.29, 1.82) is 0 Å². The molecule has 0 saturated heterocycles. The van der Waals surface area contributed by atoms with Gasteiger partial charge < -0.3 is 9.84 Å². The Morgan fingerprint density at radius 1 is 1.44 bits per heavy atom. The maximum Gasteiger partial charge on any atom is 0.438 e. The lowest BCUT2D eigenvalue weighted by atomic mass is 10.2. The minimum Gasteiger partial charge on any atom is -0.443 e. The quantitative estimate of drug-likeness (QED) is 0.795. The Morgan fingerprint density at radius 3 is 2.67 bits per heavy atom. The predicted molar refractivity (Wildman–Crippen MR) is 65.4 cm³/mol. The molecule has 0 aliphatic rings. The standard InChI is InChI=1S/C13H18FNO3/c1-2-6-12(9-16)15(14)13(17)18-10-11-7-4-3-5-8-11/h3-5,7-8,12,16H,2,6,9-10H2,1H3. The van der Waals surface area contributed by atoms with Gasteiger partial charge in [-0.05, 0) is 12.0 Å². The fourth-order valence-corrected chi connectivity index (χ4v) is 1.54. The number of halogens is 1. The number of benzene rings is 1. The van der Waals surface area contributed by atoms with Gasteiger partial charge in [-0.1, -0.05) is 48.2 Å². The molecular weight excluding hydrogens is 237 g/mol. The number of nitrogens with zero attached hydrogens (tertiary/aromatic N) is 1. The number of aliphatic hydroxyl groups is 1. The highest BCUT2D eigenvalue weighted by molar-refractivity contribution is 5.66. The van der Waals surface area contributed by atoms with Crippen LogP contribution < -0.4 is 0 Å². The molecule has 18 heavy (non-hydrogen) atoms. The van der Waals surface area contributed by atoms with E-state index in [-0.39, 0.29) is 11.7 Å². The van der Waals surface area contributed by atoms with E-state index in [1.807, 2.05) is 25.1 Å². The maximum absolute atomic E-state index is 13.5. The summed E-state index contributed by atoms with van der Waals surface area (Å²) in [6.45, 7) is 1.46. The van der Waals surface area contributed by atoms with E-state index in [1.165, 1.54) is 0 Å². The van der Waals surface area contributed by atoms with Gasteiger partial charge in [0.1, 0.15) is 6.61 Å². The van der Waals surface area contributed by atoms with Crippen LogP contribution in [0.5, 0.6) is 0 Å². The lowest BCUT2D eigenvalue weighted by Gasteiger charge is -2.20. The number of rotatable bonds is 6. The van der Waals surface area contributed by atoms with Gasteiger partial charge in [-0.3, -0.25) is 0 Å². The van der Waals surface area contributed by atoms with Crippen LogP contribution in [0.3, 0.4) is 0 Å². The van der Waals surface area contributed by atoms with E-state index in [1.54, 1.807) is 12.1 Å². The summed E-state index contributed by atoms with van der Waals surface area (Å²) in [4.78, 5) is 11.4. The van der Waals surface area contributed by atoms with Crippen LogP contribution in [0.2, 0.25) is 0 Å². The summed E-state index contributed by atoms with van der Waals surface area (Å²) in [7, 11) is 0. The van der Waals surface area contributed by atoms with Crippen molar-refractivity contribution in [3.8, 4) is 0 Å². The summed E-state index contributed by atoms with van der Waals surface area (Å²) in [6, 6.07) is 8.19. The Bertz CT molecular complexity index is 359. The summed E-state index contributed by atoms with van der Waals surface area (Å²) < 4.78 is 18.4. The van der Waals surface area contributed by atoms with Crippen LogP contribution in [-0.2, 0) is 11.3 Å². The fourth-order valence-electron chi connectivity index (χ4n) is 1.54. The second-order valence-electron chi connectivity index (χ2n) is 3.98. The number of amides is 1. The van der Waals surface area contributed by atoms with E-state index >= 15 is 0 Å². The Hall–Kier alpha value is -1.62. The maximum atomic E-state index is 13.5. The molecule has 0 saturated carbocycles. The number of carbonyl (C=O) groups is 1. The second-order valence-corrected chi connectivity index (χ2v) is 3.98. The van der Waals surface area contributed by atoms with Crippen molar-refractivity contribution in [3.63, 3.8) is 0 Å². The summed E-state index contributed by atoms with van der Waals surface area (Å²) in [5.41, 5.74) is 0.787. The second kappa shape index (κ2) is 7.66. The fraction of sp³-hybridized carbons (Fsp3) is 0.462. The van der Waals surface area contributed by atoms with Gasteiger partial charge in [-0.15, -0.1) is 5.12 Å². The minimum atomic E-state index is -1.06. The van der Waals surface area contributed by atoms with Crippen LogP contribution in [-0.4, -0.2) is 29.0 Å². The molecule has 0 bridgehead atoms. The first-order valence-electron chi connectivity index (χ1n) is 5.95. The number of aliphatic hydroxyl groups excluding tert-OH is 1. The first kappa shape index (κ1) is 14.4.